The number of nitrogens with zero attached hydrogens (tertiary/aromatic N) is 1. The average Bonchev–Trinajstić information content (AvgIpc) is 2.42. The Labute approximate surface area is 134 Å². The second-order valence-electron chi connectivity index (χ2n) is 5.50. The van der Waals surface area contributed by atoms with E-state index in [0.29, 0.717) is 17.3 Å². The first kappa shape index (κ1) is 16.5. The first-order valence-electron chi connectivity index (χ1n) is 7.19. The highest BCUT2D eigenvalue weighted by molar-refractivity contribution is 9.10. The summed E-state index contributed by atoms with van der Waals surface area (Å²) in [7, 11) is -3.71. The van der Waals surface area contributed by atoms with Crippen LogP contribution in [-0.2, 0) is 10.0 Å². The third-order valence-electron chi connectivity index (χ3n) is 3.88. The van der Waals surface area contributed by atoms with Crippen LogP contribution in [0.1, 0.15) is 44.9 Å². The van der Waals surface area contributed by atoms with Crippen LogP contribution in [-0.4, -0.2) is 14.0 Å². The molecule has 21 heavy (non-hydrogen) atoms. The maximum atomic E-state index is 12.6. The van der Waals surface area contributed by atoms with E-state index in [1.54, 1.807) is 24.3 Å². The van der Waals surface area contributed by atoms with E-state index in [4.69, 9.17) is 0 Å². The highest BCUT2D eigenvalue weighted by Gasteiger charge is 2.35. The molecule has 2 rings (SSSR count). The van der Waals surface area contributed by atoms with Gasteiger partial charge < -0.3 is 0 Å². The number of sulfonamides is 1. The first-order valence-corrected chi connectivity index (χ1v) is 9.46. The average molecular weight is 371 g/mol. The van der Waals surface area contributed by atoms with Gasteiger partial charge in [-0.15, -0.1) is 0 Å². The molecule has 1 aromatic carbocycles. The van der Waals surface area contributed by atoms with Crippen LogP contribution in [0.15, 0.2) is 33.6 Å². The topological polar surface area (TPSA) is 70.0 Å². The molecule has 0 radical (unpaired) electrons. The standard InChI is InChI=1S/C15H19BrN2O2S/c16-13-8-4-5-9-14(13)21(19,20)18-15(12-17)10-6-2-1-3-7-11-15/h4-5,8-9,18H,1-3,6-7,10-11H2. The third kappa shape index (κ3) is 4.06. The normalized spacial score (nSPS) is 19.2. The zero-order chi connectivity index (χ0) is 15.3. The Morgan fingerprint density at radius 1 is 1.10 bits per heavy atom. The summed E-state index contributed by atoms with van der Waals surface area (Å²) in [6, 6.07) is 8.89. The molecule has 1 aromatic rings. The molecule has 4 nitrogen and oxygen atoms in total. The van der Waals surface area contributed by atoms with E-state index in [-0.39, 0.29) is 4.90 Å². The van der Waals surface area contributed by atoms with Crippen molar-refractivity contribution in [3.8, 4) is 6.07 Å². The van der Waals surface area contributed by atoms with Crippen LogP contribution < -0.4 is 4.72 Å². The molecule has 0 atom stereocenters. The van der Waals surface area contributed by atoms with Crippen LogP contribution in [0.2, 0.25) is 0 Å². The van der Waals surface area contributed by atoms with E-state index in [9.17, 15) is 13.7 Å². The molecule has 0 saturated heterocycles. The Morgan fingerprint density at radius 3 is 2.24 bits per heavy atom. The molecule has 0 bridgehead atoms. The number of hydrogen-bond donors (Lipinski definition) is 1. The summed E-state index contributed by atoms with van der Waals surface area (Å²) in [5.74, 6) is 0. The fourth-order valence-electron chi connectivity index (χ4n) is 2.72. The summed E-state index contributed by atoms with van der Waals surface area (Å²) >= 11 is 3.26. The third-order valence-corrected chi connectivity index (χ3v) is 6.43. The van der Waals surface area contributed by atoms with Gasteiger partial charge in [0.1, 0.15) is 5.54 Å². The van der Waals surface area contributed by atoms with Gasteiger partial charge in [-0.1, -0.05) is 44.2 Å². The van der Waals surface area contributed by atoms with E-state index in [1.165, 1.54) is 6.42 Å². The largest absolute Gasteiger partial charge is 0.243 e. The minimum absolute atomic E-state index is 0.182. The smallest absolute Gasteiger partial charge is 0.207 e. The maximum Gasteiger partial charge on any atom is 0.243 e. The highest BCUT2D eigenvalue weighted by atomic mass is 79.9. The van der Waals surface area contributed by atoms with Crippen molar-refractivity contribution in [1.82, 2.24) is 4.72 Å². The van der Waals surface area contributed by atoms with Gasteiger partial charge in [0.15, 0.2) is 0 Å². The molecule has 0 amide bonds. The van der Waals surface area contributed by atoms with E-state index in [2.05, 4.69) is 26.7 Å². The molecule has 1 aliphatic rings. The zero-order valence-corrected chi connectivity index (χ0v) is 14.2. The Kier molecular flexibility index (Phi) is 5.42. The van der Waals surface area contributed by atoms with Crippen molar-refractivity contribution in [1.29, 1.82) is 5.26 Å². The first-order chi connectivity index (χ1) is 9.99. The number of hydrogen-bond acceptors (Lipinski definition) is 3. The fraction of sp³-hybridized carbons (Fsp3) is 0.533. The second-order valence-corrected chi connectivity index (χ2v) is 8.00. The van der Waals surface area contributed by atoms with Crippen LogP contribution in [0.25, 0.3) is 0 Å². The summed E-state index contributed by atoms with van der Waals surface area (Å²) in [5.41, 5.74) is -0.978. The van der Waals surface area contributed by atoms with E-state index in [1.807, 2.05) is 0 Å². The lowest BCUT2D eigenvalue weighted by atomic mass is 9.86. The van der Waals surface area contributed by atoms with Gasteiger partial charge in [0, 0.05) is 4.47 Å². The lowest BCUT2D eigenvalue weighted by Crippen LogP contribution is -2.47. The number of halogens is 1. The van der Waals surface area contributed by atoms with Crippen molar-refractivity contribution < 1.29 is 8.42 Å². The lowest BCUT2D eigenvalue weighted by Gasteiger charge is -2.29. The molecule has 1 aliphatic carbocycles. The van der Waals surface area contributed by atoms with Crippen LogP contribution in [0.4, 0.5) is 0 Å². The molecule has 114 valence electrons. The van der Waals surface area contributed by atoms with Crippen molar-refractivity contribution in [3.63, 3.8) is 0 Å². The molecule has 0 aromatic heterocycles. The van der Waals surface area contributed by atoms with Crippen LogP contribution in [0.5, 0.6) is 0 Å². The van der Waals surface area contributed by atoms with Gasteiger partial charge in [-0.25, -0.2) is 8.42 Å². The number of nitrogens with one attached hydrogen (secondary N) is 1. The Morgan fingerprint density at radius 2 is 1.67 bits per heavy atom. The molecule has 0 aliphatic heterocycles. The minimum Gasteiger partial charge on any atom is -0.207 e. The number of benzene rings is 1. The van der Waals surface area contributed by atoms with E-state index < -0.39 is 15.6 Å². The summed E-state index contributed by atoms with van der Waals surface area (Å²) in [5, 5.41) is 9.55. The number of rotatable bonds is 3. The summed E-state index contributed by atoms with van der Waals surface area (Å²) < 4.78 is 28.4. The highest BCUT2D eigenvalue weighted by Crippen LogP contribution is 2.29. The van der Waals surface area contributed by atoms with Crippen molar-refractivity contribution in [2.75, 3.05) is 0 Å². The van der Waals surface area contributed by atoms with Gasteiger partial charge in [0.2, 0.25) is 10.0 Å². The van der Waals surface area contributed by atoms with Gasteiger partial charge in [0.05, 0.1) is 11.0 Å². The molecule has 0 spiro atoms. The monoisotopic (exact) mass is 370 g/mol. The Bertz CT molecular complexity index is 629. The molecule has 0 heterocycles. The van der Waals surface area contributed by atoms with Crippen molar-refractivity contribution in [2.24, 2.45) is 0 Å². The molecule has 1 N–H and O–H groups in total. The predicted molar refractivity (Wildman–Crippen MR) is 85.1 cm³/mol. The fourth-order valence-corrected chi connectivity index (χ4v) is 5.10. The molecule has 6 heteroatoms. The molecule has 0 unspecified atom stereocenters. The summed E-state index contributed by atoms with van der Waals surface area (Å²) in [6.07, 6.45) is 6.19. The predicted octanol–water partition coefficient (Wildman–Crippen LogP) is 3.73. The molecule has 1 fully saturated rings. The molecular weight excluding hydrogens is 352 g/mol. The maximum absolute atomic E-state index is 12.6. The lowest BCUT2D eigenvalue weighted by molar-refractivity contribution is 0.357. The summed E-state index contributed by atoms with van der Waals surface area (Å²) in [4.78, 5) is 0.182. The van der Waals surface area contributed by atoms with Crippen molar-refractivity contribution in [3.05, 3.63) is 28.7 Å². The minimum atomic E-state index is -3.71. The number of nitriles is 1. The quantitative estimate of drug-likeness (QED) is 0.880. The summed E-state index contributed by atoms with van der Waals surface area (Å²) in [6.45, 7) is 0. The molecule has 1 saturated carbocycles. The van der Waals surface area contributed by atoms with Gasteiger partial charge in [-0.3, -0.25) is 0 Å². The SMILES string of the molecule is N#CC1(NS(=O)(=O)c2ccccc2Br)CCCCCCC1. The van der Waals surface area contributed by atoms with Gasteiger partial charge >= 0.3 is 0 Å². The van der Waals surface area contributed by atoms with E-state index in [0.717, 1.165) is 25.7 Å². The van der Waals surface area contributed by atoms with Gasteiger partial charge in [0.25, 0.3) is 0 Å². The zero-order valence-electron chi connectivity index (χ0n) is 11.8. The molecular formula is C15H19BrN2O2S. The van der Waals surface area contributed by atoms with Gasteiger partial charge in [-0.05, 0) is 40.9 Å². The van der Waals surface area contributed by atoms with Crippen molar-refractivity contribution in [2.45, 2.75) is 55.4 Å². The van der Waals surface area contributed by atoms with Crippen LogP contribution in [0, 0.1) is 11.3 Å². The Hall–Kier alpha value is -0.900. The second kappa shape index (κ2) is 6.91. The van der Waals surface area contributed by atoms with E-state index >= 15 is 0 Å². The Balaban J connectivity index is 2.28. The van der Waals surface area contributed by atoms with Crippen LogP contribution in [0.3, 0.4) is 0 Å². The van der Waals surface area contributed by atoms with Crippen LogP contribution >= 0.6 is 15.9 Å². The van der Waals surface area contributed by atoms with Crippen molar-refractivity contribution >= 4 is 26.0 Å². The van der Waals surface area contributed by atoms with Gasteiger partial charge in [-0.2, -0.15) is 9.98 Å².